The zero-order chi connectivity index (χ0) is 27.9. The number of ether oxygens (including phenoxy) is 2. The maximum Gasteiger partial charge on any atom is 0.241 e. The van der Waals surface area contributed by atoms with Gasteiger partial charge in [0.2, 0.25) is 17.6 Å². The zero-order valence-electron chi connectivity index (χ0n) is 23.9. The van der Waals surface area contributed by atoms with Gasteiger partial charge in [-0.2, -0.15) is 4.98 Å². The van der Waals surface area contributed by atoms with E-state index < -0.39 is 0 Å². The Bertz CT molecular complexity index is 1240. The highest BCUT2D eigenvalue weighted by molar-refractivity contribution is 5.78. The van der Waals surface area contributed by atoms with Gasteiger partial charge in [0.15, 0.2) is 11.5 Å². The highest BCUT2D eigenvalue weighted by atomic mass is 16.5. The number of aromatic nitrogens is 2. The van der Waals surface area contributed by atoms with E-state index >= 15 is 0 Å². The maximum absolute atomic E-state index is 12.9. The molecule has 2 fully saturated rings. The molecule has 9 heteroatoms. The molecule has 0 aliphatic carbocycles. The summed E-state index contributed by atoms with van der Waals surface area (Å²) in [7, 11) is 3.20. The molecule has 2 saturated heterocycles. The number of nitrogens with one attached hydrogen (secondary N) is 1. The number of hydrogen-bond acceptors (Lipinski definition) is 8. The minimum atomic E-state index is 0.0297. The summed E-state index contributed by atoms with van der Waals surface area (Å²) in [5.74, 6) is 3.36. The van der Waals surface area contributed by atoms with Crippen LogP contribution in [0.1, 0.15) is 49.6 Å². The largest absolute Gasteiger partial charge is 0.493 e. The molecule has 1 N–H and O–H groups in total. The normalized spacial score (nSPS) is 17.6. The Labute approximate surface area is 236 Å². The molecule has 214 valence electrons. The summed E-state index contributed by atoms with van der Waals surface area (Å²) in [5, 5.41) is 7.29. The molecule has 5 rings (SSSR count). The summed E-state index contributed by atoms with van der Waals surface area (Å²) in [4.78, 5) is 22.2. The lowest BCUT2D eigenvalue weighted by atomic mass is 9.96. The Balaban J connectivity index is 1.04. The number of hydrogen-bond donors (Lipinski definition) is 1. The summed E-state index contributed by atoms with van der Waals surface area (Å²) in [6.07, 6.45) is 4.22. The molecule has 1 amide bonds. The number of nitrogens with zero attached hydrogens (tertiary/aromatic N) is 4. The van der Waals surface area contributed by atoms with Crippen molar-refractivity contribution in [3.8, 4) is 22.9 Å². The van der Waals surface area contributed by atoms with E-state index in [4.69, 9.17) is 14.0 Å². The Morgan fingerprint density at radius 3 is 2.25 bits per heavy atom. The molecule has 0 saturated carbocycles. The van der Waals surface area contributed by atoms with E-state index in [1.54, 1.807) is 14.2 Å². The topological polar surface area (TPSA) is 93.0 Å². The van der Waals surface area contributed by atoms with Crippen molar-refractivity contribution in [3.63, 3.8) is 0 Å². The van der Waals surface area contributed by atoms with Crippen molar-refractivity contribution < 1.29 is 18.8 Å². The van der Waals surface area contributed by atoms with Crippen LogP contribution in [0.5, 0.6) is 11.5 Å². The molecular formula is C31H41N5O4. The van der Waals surface area contributed by atoms with Crippen molar-refractivity contribution in [2.45, 2.75) is 52.2 Å². The van der Waals surface area contributed by atoms with E-state index in [0.29, 0.717) is 36.3 Å². The van der Waals surface area contributed by atoms with Gasteiger partial charge in [-0.1, -0.05) is 36.3 Å². The van der Waals surface area contributed by atoms with Crippen LogP contribution < -0.4 is 14.8 Å². The van der Waals surface area contributed by atoms with E-state index in [1.165, 1.54) is 31.5 Å². The van der Waals surface area contributed by atoms with Crippen molar-refractivity contribution in [2.24, 2.45) is 11.8 Å². The van der Waals surface area contributed by atoms with Gasteiger partial charge in [0, 0.05) is 24.6 Å². The first-order valence-corrected chi connectivity index (χ1v) is 14.4. The number of carbonyl (C=O) groups is 1. The molecule has 0 radical (unpaired) electrons. The van der Waals surface area contributed by atoms with Crippen molar-refractivity contribution in [3.05, 3.63) is 59.5 Å². The van der Waals surface area contributed by atoms with E-state index in [9.17, 15) is 4.79 Å². The molecule has 40 heavy (non-hydrogen) atoms. The fourth-order valence-corrected chi connectivity index (χ4v) is 5.53. The Morgan fingerprint density at radius 1 is 0.900 bits per heavy atom. The minimum Gasteiger partial charge on any atom is -0.493 e. The van der Waals surface area contributed by atoms with E-state index in [1.807, 2.05) is 18.2 Å². The summed E-state index contributed by atoms with van der Waals surface area (Å²) < 4.78 is 16.2. The Hall–Kier alpha value is -3.43. The number of benzene rings is 2. The van der Waals surface area contributed by atoms with Crippen molar-refractivity contribution >= 4 is 5.91 Å². The van der Waals surface area contributed by atoms with Crippen molar-refractivity contribution in [1.82, 2.24) is 25.3 Å². The lowest BCUT2D eigenvalue weighted by Gasteiger charge is -2.30. The molecule has 1 aromatic heterocycles. The lowest BCUT2D eigenvalue weighted by molar-refractivity contribution is -0.126. The molecule has 0 unspecified atom stereocenters. The van der Waals surface area contributed by atoms with Gasteiger partial charge in [-0.25, -0.2) is 0 Å². The molecule has 0 atom stereocenters. The van der Waals surface area contributed by atoms with Crippen LogP contribution in [0.2, 0.25) is 0 Å². The van der Waals surface area contributed by atoms with Crippen LogP contribution in [0.15, 0.2) is 47.0 Å². The van der Waals surface area contributed by atoms with Crippen LogP contribution in [0.25, 0.3) is 11.4 Å². The van der Waals surface area contributed by atoms with E-state index in [2.05, 4.69) is 56.4 Å². The third kappa shape index (κ3) is 7.20. The van der Waals surface area contributed by atoms with Crippen LogP contribution in [0, 0.1) is 11.8 Å². The summed E-state index contributed by atoms with van der Waals surface area (Å²) in [5.41, 5.74) is 3.28. The predicted octanol–water partition coefficient (Wildman–Crippen LogP) is 4.51. The zero-order valence-corrected chi connectivity index (χ0v) is 23.9. The first kappa shape index (κ1) is 28.1. The first-order chi connectivity index (χ1) is 19.5. The second-order valence-corrected chi connectivity index (χ2v) is 11.1. The average Bonchev–Trinajstić information content (AvgIpc) is 3.46. The highest BCUT2D eigenvalue weighted by Crippen LogP contribution is 2.31. The van der Waals surface area contributed by atoms with Crippen molar-refractivity contribution in [1.29, 1.82) is 0 Å². The quantitative estimate of drug-likeness (QED) is 0.396. The third-order valence-corrected chi connectivity index (χ3v) is 8.20. The third-order valence-electron chi connectivity index (χ3n) is 8.20. The number of carbonyl (C=O) groups excluding carboxylic acids is 1. The van der Waals surface area contributed by atoms with Crippen LogP contribution in [0.4, 0.5) is 0 Å². The average molecular weight is 548 g/mol. The molecule has 3 aromatic rings. The van der Waals surface area contributed by atoms with Gasteiger partial charge in [-0.3, -0.25) is 14.6 Å². The van der Waals surface area contributed by atoms with E-state index in [-0.39, 0.29) is 11.8 Å². The molecule has 0 bridgehead atoms. The van der Waals surface area contributed by atoms with Gasteiger partial charge < -0.3 is 19.3 Å². The maximum atomic E-state index is 12.9. The fourth-order valence-electron chi connectivity index (χ4n) is 5.53. The SMILES string of the molecule is COc1ccc(-c2noc(CN3CCC(C(=O)NCc4ccc(CN5CCC(C)CC5)cc4)CC3)n2)cc1OC. The highest BCUT2D eigenvalue weighted by Gasteiger charge is 2.26. The number of methoxy groups -OCH3 is 2. The van der Waals surface area contributed by atoms with Crippen LogP contribution in [-0.4, -0.2) is 66.2 Å². The summed E-state index contributed by atoms with van der Waals surface area (Å²) >= 11 is 0. The standard InChI is InChI=1S/C31H41N5O4/c1-22-10-14-35(15-11-22)20-24-6-4-23(5-7-24)19-32-31(37)25-12-16-36(17-13-25)21-29-33-30(34-40-29)26-8-9-27(38-2)28(18-26)39-3/h4-9,18,22,25H,10-17,19-21H2,1-3H3,(H,32,37). The number of amides is 1. The second-order valence-electron chi connectivity index (χ2n) is 11.1. The first-order valence-electron chi connectivity index (χ1n) is 14.4. The smallest absolute Gasteiger partial charge is 0.241 e. The van der Waals surface area contributed by atoms with Gasteiger partial charge in [0.25, 0.3) is 0 Å². The van der Waals surface area contributed by atoms with E-state index in [0.717, 1.165) is 49.5 Å². The predicted molar refractivity (Wildman–Crippen MR) is 153 cm³/mol. The Kier molecular flexibility index (Phi) is 9.34. The van der Waals surface area contributed by atoms with Crippen LogP contribution >= 0.6 is 0 Å². The molecule has 3 heterocycles. The Morgan fingerprint density at radius 2 is 1.55 bits per heavy atom. The van der Waals surface area contributed by atoms with Gasteiger partial charge in [-0.05, 0) is 87.1 Å². The van der Waals surface area contributed by atoms with Crippen molar-refractivity contribution in [2.75, 3.05) is 40.4 Å². The van der Waals surface area contributed by atoms with Crippen LogP contribution in [-0.2, 0) is 24.4 Å². The van der Waals surface area contributed by atoms with Crippen LogP contribution in [0.3, 0.4) is 0 Å². The monoisotopic (exact) mass is 547 g/mol. The minimum absolute atomic E-state index is 0.0297. The molecular weight excluding hydrogens is 506 g/mol. The summed E-state index contributed by atoms with van der Waals surface area (Å²) in [6.45, 7) is 8.50. The van der Waals surface area contributed by atoms with Gasteiger partial charge >= 0.3 is 0 Å². The molecule has 2 aliphatic heterocycles. The molecule has 2 aromatic carbocycles. The number of piperidine rings is 2. The second kappa shape index (κ2) is 13.3. The molecule has 9 nitrogen and oxygen atoms in total. The number of rotatable bonds is 10. The molecule has 2 aliphatic rings. The molecule has 0 spiro atoms. The fraction of sp³-hybridized carbons (Fsp3) is 0.516. The lowest BCUT2D eigenvalue weighted by Crippen LogP contribution is -2.40. The van der Waals surface area contributed by atoms with Gasteiger partial charge in [0.05, 0.1) is 20.8 Å². The van der Waals surface area contributed by atoms with Gasteiger partial charge in [0.1, 0.15) is 0 Å². The number of likely N-dealkylation sites (tertiary alicyclic amines) is 2. The summed E-state index contributed by atoms with van der Waals surface area (Å²) in [6, 6.07) is 14.2. The van der Waals surface area contributed by atoms with Gasteiger partial charge in [-0.15, -0.1) is 0 Å².